The molecule has 0 aliphatic heterocycles. The number of benzene rings is 4. The first-order chi connectivity index (χ1) is 15.7. The molecule has 3 nitrogen and oxygen atoms in total. The lowest BCUT2D eigenvalue weighted by molar-refractivity contribution is 0.464. The van der Waals surface area contributed by atoms with E-state index < -0.39 is 0 Å². The first-order valence-electron chi connectivity index (χ1n) is 11.3. The lowest BCUT2D eigenvalue weighted by atomic mass is 9.73. The number of para-hydroxylation sites is 1. The van der Waals surface area contributed by atoms with Crippen LogP contribution in [0.4, 0.5) is 11.4 Å². The van der Waals surface area contributed by atoms with Crippen molar-refractivity contribution < 1.29 is 4.74 Å². The van der Waals surface area contributed by atoms with Gasteiger partial charge in [0.2, 0.25) is 0 Å². The Morgan fingerprint density at radius 3 is 1.61 bits per heavy atom. The van der Waals surface area contributed by atoms with E-state index in [4.69, 9.17) is 16.2 Å². The molecule has 0 saturated carbocycles. The van der Waals surface area contributed by atoms with Gasteiger partial charge in [-0.2, -0.15) is 0 Å². The summed E-state index contributed by atoms with van der Waals surface area (Å²) in [5, 5.41) is 0. The standard InChI is InChI=1S/C30H32N2O/c1-29(2,21-12-7-5-8-13-21)23-18-19-27(33-28-25(31)16-11-17-26(28)32)24(20-23)30(3,4)22-14-9-6-10-15-22/h5-20H,31-32H2,1-4H3. The van der Waals surface area contributed by atoms with Crippen LogP contribution in [-0.2, 0) is 10.8 Å². The van der Waals surface area contributed by atoms with Crippen LogP contribution in [0.5, 0.6) is 11.5 Å². The second-order valence-corrected chi connectivity index (χ2v) is 9.56. The van der Waals surface area contributed by atoms with Gasteiger partial charge in [-0.3, -0.25) is 0 Å². The van der Waals surface area contributed by atoms with Crippen molar-refractivity contribution in [1.29, 1.82) is 0 Å². The minimum Gasteiger partial charge on any atom is -0.453 e. The SMILES string of the molecule is CC(C)(c1ccccc1)c1ccc(Oc2c(N)cccc2N)c(C(C)(C)c2ccccc2)c1. The van der Waals surface area contributed by atoms with Gasteiger partial charge in [0.15, 0.2) is 5.75 Å². The third kappa shape index (κ3) is 4.31. The number of rotatable bonds is 6. The molecular weight excluding hydrogens is 404 g/mol. The molecule has 0 bridgehead atoms. The molecule has 33 heavy (non-hydrogen) atoms. The van der Waals surface area contributed by atoms with Crippen molar-refractivity contribution in [3.63, 3.8) is 0 Å². The number of hydrogen-bond donors (Lipinski definition) is 2. The lowest BCUT2D eigenvalue weighted by Crippen LogP contribution is -2.23. The molecule has 168 valence electrons. The highest BCUT2D eigenvalue weighted by Crippen LogP contribution is 2.44. The fourth-order valence-corrected chi connectivity index (χ4v) is 4.33. The summed E-state index contributed by atoms with van der Waals surface area (Å²) in [7, 11) is 0. The first-order valence-corrected chi connectivity index (χ1v) is 11.3. The smallest absolute Gasteiger partial charge is 0.173 e. The van der Waals surface area contributed by atoms with Crippen LogP contribution in [0.15, 0.2) is 97.1 Å². The number of nitrogen functional groups attached to an aromatic ring is 2. The Labute approximate surface area is 197 Å². The van der Waals surface area contributed by atoms with E-state index in [2.05, 4.69) is 94.4 Å². The van der Waals surface area contributed by atoms with Gasteiger partial charge in [-0.05, 0) is 34.9 Å². The van der Waals surface area contributed by atoms with Crippen LogP contribution in [0.3, 0.4) is 0 Å². The largest absolute Gasteiger partial charge is 0.453 e. The highest BCUT2D eigenvalue weighted by molar-refractivity contribution is 5.68. The molecule has 0 aromatic heterocycles. The van der Waals surface area contributed by atoms with Crippen molar-refractivity contribution in [2.75, 3.05) is 11.5 Å². The van der Waals surface area contributed by atoms with Gasteiger partial charge in [-0.1, -0.05) is 107 Å². The fourth-order valence-electron chi connectivity index (χ4n) is 4.33. The second kappa shape index (κ2) is 8.67. The highest BCUT2D eigenvalue weighted by atomic mass is 16.5. The molecule has 4 aromatic carbocycles. The predicted molar refractivity (Wildman–Crippen MR) is 139 cm³/mol. The zero-order chi connectivity index (χ0) is 23.6. The van der Waals surface area contributed by atoms with Gasteiger partial charge in [0.05, 0.1) is 11.4 Å². The van der Waals surface area contributed by atoms with Crippen LogP contribution in [0.1, 0.15) is 49.9 Å². The molecule has 0 spiro atoms. The molecule has 0 aliphatic rings. The molecule has 0 amide bonds. The summed E-state index contributed by atoms with van der Waals surface area (Å²) in [6.45, 7) is 8.96. The Kier molecular flexibility index (Phi) is 5.90. The van der Waals surface area contributed by atoms with E-state index in [-0.39, 0.29) is 10.8 Å². The minimum atomic E-state index is -0.308. The van der Waals surface area contributed by atoms with Crippen LogP contribution in [0.2, 0.25) is 0 Å². The molecule has 0 heterocycles. The molecule has 0 saturated heterocycles. The van der Waals surface area contributed by atoms with Gasteiger partial charge in [0, 0.05) is 16.4 Å². The molecule has 0 atom stereocenters. The maximum atomic E-state index is 6.40. The molecule has 0 aliphatic carbocycles. The number of ether oxygens (including phenoxy) is 1. The molecule has 3 heteroatoms. The Hall–Kier alpha value is -3.72. The summed E-state index contributed by atoms with van der Waals surface area (Å²) in [5.41, 5.74) is 17.7. The molecule has 0 fully saturated rings. The zero-order valence-corrected chi connectivity index (χ0v) is 19.8. The average Bonchev–Trinajstić information content (AvgIpc) is 2.82. The topological polar surface area (TPSA) is 61.3 Å². The summed E-state index contributed by atoms with van der Waals surface area (Å²) in [6.07, 6.45) is 0. The Morgan fingerprint density at radius 2 is 1.06 bits per heavy atom. The van der Waals surface area contributed by atoms with Crippen LogP contribution in [0, 0.1) is 0 Å². The van der Waals surface area contributed by atoms with Crippen LogP contribution >= 0.6 is 0 Å². The summed E-state index contributed by atoms with van der Waals surface area (Å²) in [5.74, 6) is 1.25. The third-order valence-corrected chi connectivity index (χ3v) is 6.65. The van der Waals surface area contributed by atoms with Crippen molar-refractivity contribution in [2.24, 2.45) is 0 Å². The molecule has 4 rings (SSSR count). The molecule has 4 aromatic rings. The van der Waals surface area contributed by atoms with E-state index in [9.17, 15) is 0 Å². The number of nitrogens with two attached hydrogens (primary N) is 2. The lowest BCUT2D eigenvalue weighted by Gasteiger charge is -2.32. The molecule has 4 N–H and O–H groups in total. The Balaban J connectivity index is 1.89. The van der Waals surface area contributed by atoms with Gasteiger partial charge in [-0.15, -0.1) is 0 Å². The van der Waals surface area contributed by atoms with Crippen molar-refractivity contribution in [3.05, 3.63) is 119 Å². The molecular formula is C30H32N2O. The van der Waals surface area contributed by atoms with E-state index in [1.165, 1.54) is 16.7 Å². The van der Waals surface area contributed by atoms with Gasteiger partial charge in [-0.25, -0.2) is 0 Å². The Morgan fingerprint density at radius 1 is 0.545 bits per heavy atom. The van der Waals surface area contributed by atoms with E-state index in [1.807, 2.05) is 18.2 Å². The highest BCUT2D eigenvalue weighted by Gasteiger charge is 2.31. The summed E-state index contributed by atoms with van der Waals surface area (Å²) in [6, 6.07) is 33.0. The van der Waals surface area contributed by atoms with E-state index in [0.717, 1.165) is 11.3 Å². The third-order valence-electron chi connectivity index (χ3n) is 6.65. The van der Waals surface area contributed by atoms with Crippen LogP contribution in [-0.4, -0.2) is 0 Å². The monoisotopic (exact) mass is 436 g/mol. The first kappa shape index (κ1) is 22.5. The maximum Gasteiger partial charge on any atom is 0.173 e. The summed E-state index contributed by atoms with van der Waals surface area (Å²) in [4.78, 5) is 0. The van der Waals surface area contributed by atoms with Crippen LogP contribution in [0.25, 0.3) is 0 Å². The van der Waals surface area contributed by atoms with Gasteiger partial charge in [0.25, 0.3) is 0 Å². The molecule has 0 unspecified atom stereocenters. The van der Waals surface area contributed by atoms with E-state index in [1.54, 1.807) is 12.1 Å². The van der Waals surface area contributed by atoms with Gasteiger partial charge < -0.3 is 16.2 Å². The molecule has 0 radical (unpaired) electrons. The van der Waals surface area contributed by atoms with Crippen LogP contribution < -0.4 is 16.2 Å². The maximum absolute atomic E-state index is 6.40. The minimum absolute atomic E-state index is 0.174. The normalized spacial score (nSPS) is 11.9. The second-order valence-electron chi connectivity index (χ2n) is 9.56. The Bertz CT molecular complexity index is 1220. The summed E-state index contributed by atoms with van der Waals surface area (Å²) < 4.78 is 6.40. The van der Waals surface area contributed by atoms with Gasteiger partial charge >= 0.3 is 0 Å². The van der Waals surface area contributed by atoms with E-state index in [0.29, 0.717) is 17.1 Å². The van der Waals surface area contributed by atoms with Crippen molar-refractivity contribution in [3.8, 4) is 11.5 Å². The van der Waals surface area contributed by atoms with Crippen molar-refractivity contribution >= 4 is 11.4 Å². The van der Waals surface area contributed by atoms with Crippen molar-refractivity contribution in [1.82, 2.24) is 0 Å². The number of anilines is 2. The fraction of sp³-hybridized carbons (Fsp3) is 0.200. The zero-order valence-electron chi connectivity index (χ0n) is 19.8. The van der Waals surface area contributed by atoms with Gasteiger partial charge in [0.1, 0.15) is 5.75 Å². The quantitative estimate of drug-likeness (QED) is 0.312. The van der Waals surface area contributed by atoms with E-state index >= 15 is 0 Å². The predicted octanol–water partition coefficient (Wildman–Crippen LogP) is 7.30. The van der Waals surface area contributed by atoms with Crippen molar-refractivity contribution in [2.45, 2.75) is 38.5 Å². The summed E-state index contributed by atoms with van der Waals surface area (Å²) >= 11 is 0. The average molecular weight is 437 g/mol. The number of hydrogen-bond acceptors (Lipinski definition) is 3.